The van der Waals surface area contributed by atoms with Gasteiger partial charge in [-0.05, 0) is 96.2 Å². The number of ether oxygens (including phenoxy) is 6. The SMILES string of the molecule is CN[C@H](CC(C)C)C(=O)N[C@H]1C(=O)N[C@@H](CC#N)C(=O)N[C@H]2C(=O)N[C@H]3C(=O)N[C@H](C(=O)N[C@H](C(=O)O)c4cc(OC)cc(OC)c4-c4cc3ccc4OC)[C@H](O)c3ccc(c(Cl)c3)Oc3cc2cc(c3OC)Oc2ccc(cc2Cl)[C@H]1O. The van der Waals surface area contributed by atoms with E-state index < -0.39 is 102 Å². The number of rotatable bonds is 11. The highest BCUT2D eigenvalue weighted by Gasteiger charge is 2.42. The molecule has 0 unspecified atom stereocenters. The van der Waals surface area contributed by atoms with Crippen molar-refractivity contribution in [2.45, 2.75) is 81.2 Å². The fraction of sp³-hybridized carbons (Fsp3) is 0.333. The standard InChI is InChI=1S/C57H58Cl2N8O16/c1-24(2)16-35(61-3)52(71)66-46-48(68)26-9-12-37(32(58)18-26)82-40-20-28-21-41(50(40)81-7)83-38-13-10-27(19-33(38)59)49(69)47-56(75)65-45(57(76)77)31-22-29(78-4)23-39(80-6)42(31)30-17-25(8-11-36(30)79-5)43(53(72)67-47)64-54(73)44(28)63-51(70)34(14-15-60)62-55(46)74/h8-13,17-24,34-35,43-49,61,68-69H,14,16H2,1-7H3,(H,62,74)(H,63,70)(H,64,73)(H,65,75)(H,66,71)(H,67,72)(H,76,77)/t34-,35+,43+,44+,45-,46+,47-,48+,49+/m0/s1. The van der Waals surface area contributed by atoms with Gasteiger partial charge in [-0.1, -0.05) is 55.2 Å². The topological polar surface area (TPSA) is 344 Å². The zero-order chi connectivity index (χ0) is 60.1. The molecule has 10 rings (SSSR count). The lowest BCUT2D eigenvalue weighted by atomic mass is 9.89. The van der Waals surface area contributed by atoms with Crippen molar-refractivity contribution in [3.05, 3.63) is 117 Å². The lowest BCUT2D eigenvalue weighted by Crippen LogP contribution is -2.58. The van der Waals surface area contributed by atoms with E-state index in [4.69, 9.17) is 51.6 Å². The molecule has 0 saturated carbocycles. The average molecular weight is 1180 g/mol. The van der Waals surface area contributed by atoms with Gasteiger partial charge in [0.25, 0.3) is 0 Å². The largest absolute Gasteiger partial charge is 0.497 e. The molecule has 5 aromatic carbocycles. The highest BCUT2D eigenvalue weighted by molar-refractivity contribution is 6.32. The summed E-state index contributed by atoms with van der Waals surface area (Å²) in [5, 5.41) is 62.9. The highest BCUT2D eigenvalue weighted by Crippen LogP contribution is 2.48. The normalized spacial score (nSPS) is 21.8. The summed E-state index contributed by atoms with van der Waals surface area (Å²) >= 11 is 13.8. The first-order valence-corrected chi connectivity index (χ1v) is 26.5. The van der Waals surface area contributed by atoms with Crippen LogP contribution in [0, 0.1) is 17.2 Å². The second kappa shape index (κ2) is 25.5. The van der Waals surface area contributed by atoms with Crippen molar-refractivity contribution in [3.63, 3.8) is 0 Å². The second-order valence-electron chi connectivity index (χ2n) is 19.8. The molecule has 0 aromatic heterocycles. The average Bonchev–Trinajstić information content (AvgIpc) is 2.85. The molecule has 0 fully saturated rings. The number of fused-ring (bicyclic) bond motifs is 15. The fourth-order valence-electron chi connectivity index (χ4n) is 9.84. The predicted octanol–water partition coefficient (Wildman–Crippen LogP) is 4.65. The molecule has 436 valence electrons. The highest BCUT2D eigenvalue weighted by atomic mass is 35.5. The van der Waals surface area contributed by atoms with Crippen molar-refractivity contribution in [3.8, 4) is 63.2 Å². The van der Waals surface area contributed by atoms with Crippen molar-refractivity contribution in [2.24, 2.45) is 5.92 Å². The van der Waals surface area contributed by atoms with Crippen molar-refractivity contribution in [1.29, 1.82) is 5.26 Å². The molecule has 6 amide bonds. The summed E-state index contributed by atoms with van der Waals surface area (Å²) in [7, 11) is 6.73. The van der Waals surface area contributed by atoms with Crippen LogP contribution >= 0.6 is 23.2 Å². The Kier molecular flexibility index (Phi) is 18.5. The van der Waals surface area contributed by atoms with Gasteiger partial charge < -0.3 is 81.0 Å². The number of carboxylic acids is 1. The monoisotopic (exact) mass is 1180 g/mol. The van der Waals surface area contributed by atoms with Gasteiger partial charge in [0.05, 0.1) is 57.0 Å². The van der Waals surface area contributed by atoms with Crippen molar-refractivity contribution in [1.82, 2.24) is 37.2 Å². The van der Waals surface area contributed by atoms with Crippen LogP contribution in [0.1, 0.15) is 84.8 Å². The molecule has 5 aliphatic rings. The Labute approximate surface area is 485 Å². The fourth-order valence-corrected chi connectivity index (χ4v) is 10.3. The van der Waals surface area contributed by atoms with Crippen LogP contribution in [0.3, 0.4) is 0 Å². The quantitative estimate of drug-likeness (QED) is 0.0860. The van der Waals surface area contributed by atoms with Gasteiger partial charge in [-0.3, -0.25) is 28.8 Å². The van der Waals surface area contributed by atoms with Gasteiger partial charge in [-0.25, -0.2) is 4.79 Å². The second-order valence-corrected chi connectivity index (χ2v) is 20.6. The van der Waals surface area contributed by atoms with Crippen LogP contribution < -0.4 is 65.6 Å². The number of nitrogens with zero attached hydrogens (tertiary/aromatic N) is 1. The third kappa shape index (κ3) is 12.6. The molecular weight excluding hydrogens is 1120 g/mol. The van der Waals surface area contributed by atoms with E-state index in [9.17, 15) is 44.6 Å². The van der Waals surface area contributed by atoms with Crippen LogP contribution in [0.5, 0.6) is 46.0 Å². The molecule has 5 heterocycles. The number of benzene rings is 5. The number of amides is 6. The van der Waals surface area contributed by atoms with Gasteiger partial charge in [0.15, 0.2) is 17.5 Å². The minimum atomic E-state index is -2.06. The van der Waals surface area contributed by atoms with Crippen LogP contribution in [-0.2, 0) is 33.6 Å². The van der Waals surface area contributed by atoms with E-state index in [-0.39, 0.29) is 101 Å². The zero-order valence-electron chi connectivity index (χ0n) is 45.5. The molecule has 11 bridgehead atoms. The van der Waals surface area contributed by atoms with Crippen LogP contribution in [0.25, 0.3) is 11.1 Å². The first-order chi connectivity index (χ1) is 39.6. The summed E-state index contributed by atoms with van der Waals surface area (Å²) < 4.78 is 35.7. The van der Waals surface area contributed by atoms with Gasteiger partial charge in [0.1, 0.15) is 71.2 Å². The number of aliphatic carboxylic acids is 1. The first-order valence-electron chi connectivity index (χ1n) is 25.7. The molecule has 5 aliphatic heterocycles. The number of halogens is 2. The Bertz CT molecular complexity index is 3450. The zero-order valence-corrected chi connectivity index (χ0v) is 47.1. The van der Waals surface area contributed by atoms with Crippen LogP contribution in [0.2, 0.25) is 10.0 Å². The third-order valence-corrected chi connectivity index (χ3v) is 14.6. The number of likely N-dealkylation sites (N-methyl/N-ethyl adjacent to an activating group) is 1. The maximum atomic E-state index is 15.6. The van der Waals surface area contributed by atoms with Gasteiger partial charge in [-0.15, -0.1) is 0 Å². The Hall–Kier alpha value is -8.86. The molecule has 24 nitrogen and oxygen atoms in total. The van der Waals surface area contributed by atoms with E-state index in [1.54, 1.807) is 0 Å². The number of nitrogens with one attached hydrogen (secondary N) is 7. The summed E-state index contributed by atoms with van der Waals surface area (Å²) in [5.41, 5.74) is -0.298. The van der Waals surface area contributed by atoms with E-state index in [2.05, 4.69) is 37.2 Å². The van der Waals surface area contributed by atoms with Crippen molar-refractivity contribution >= 4 is 64.6 Å². The van der Waals surface area contributed by atoms with E-state index in [1.165, 1.54) is 114 Å². The minimum absolute atomic E-state index is 0.00468. The molecule has 83 heavy (non-hydrogen) atoms. The predicted molar refractivity (Wildman–Crippen MR) is 296 cm³/mol. The van der Waals surface area contributed by atoms with Crippen LogP contribution in [-0.4, -0.2) is 116 Å². The summed E-state index contributed by atoms with van der Waals surface area (Å²) in [6.45, 7) is 3.75. The van der Waals surface area contributed by atoms with Crippen molar-refractivity contribution in [2.75, 3.05) is 35.5 Å². The van der Waals surface area contributed by atoms with E-state index in [1.807, 2.05) is 19.9 Å². The number of carbonyl (C=O) groups is 7. The minimum Gasteiger partial charge on any atom is -0.497 e. The summed E-state index contributed by atoms with van der Waals surface area (Å²) in [6, 6.07) is 6.74. The number of methoxy groups -OCH3 is 4. The molecule has 0 radical (unpaired) electrons. The molecule has 0 aliphatic carbocycles. The summed E-state index contributed by atoms with van der Waals surface area (Å²) in [6.07, 6.45) is -4.30. The Morgan fingerprint density at radius 3 is 1.81 bits per heavy atom. The van der Waals surface area contributed by atoms with E-state index in [0.29, 0.717) is 6.42 Å². The Morgan fingerprint density at radius 2 is 1.25 bits per heavy atom. The number of carbonyl (C=O) groups excluding carboxylic acids is 6. The molecule has 0 spiro atoms. The summed E-state index contributed by atoms with van der Waals surface area (Å²) in [5.74, 6) is -8.81. The van der Waals surface area contributed by atoms with Crippen molar-refractivity contribution < 1.29 is 77.3 Å². The molecule has 0 saturated heterocycles. The molecule has 9 atom stereocenters. The smallest absolute Gasteiger partial charge is 0.330 e. The maximum Gasteiger partial charge on any atom is 0.330 e. The lowest BCUT2D eigenvalue weighted by Gasteiger charge is -2.31. The van der Waals surface area contributed by atoms with Crippen LogP contribution in [0.4, 0.5) is 0 Å². The Morgan fingerprint density at radius 1 is 0.663 bits per heavy atom. The number of nitriles is 1. The molecule has 5 aromatic rings. The number of hydrogen-bond acceptors (Lipinski definition) is 17. The molecule has 10 N–H and O–H groups in total. The first kappa shape index (κ1) is 60.2. The van der Waals surface area contributed by atoms with Gasteiger partial charge in [0, 0.05) is 22.8 Å². The van der Waals surface area contributed by atoms with E-state index in [0.717, 1.165) is 0 Å². The number of aliphatic hydroxyl groups excluding tert-OH is 2. The third-order valence-electron chi connectivity index (χ3n) is 14.0. The summed E-state index contributed by atoms with van der Waals surface area (Å²) in [4.78, 5) is 102. The van der Waals surface area contributed by atoms with Gasteiger partial charge in [-0.2, -0.15) is 5.26 Å². The van der Waals surface area contributed by atoms with E-state index >= 15 is 9.59 Å². The maximum absolute atomic E-state index is 15.6. The number of carboxylic acid groups (broad SMARTS) is 1. The Balaban J connectivity index is 1.38. The lowest BCUT2D eigenvalue weighted by molar-refractivity contribution is -0.143. The molecular formula is C57H58Cl2N8O16. The number of hydrogen-bond donors (Lipinski definition) is 10. The van der Waals surface area contributed by atoms with Crippen LogP contribution in [0.15, 0.2) is 78.9 Å². The van der Waals surface area contributed by atoms with Gasteiger partial charge >= 0.3 is 5.97 Å². The molecule has 26 heteroatoms. The van der Waals surface area contributed by atoms with Gasteiger partial charge in [0.2, 0.25) is 41.2 Å². The number of aliphatic hydroxyl groups is 2.